The van der Waals surface area contributed by atoms with Gasteiger partial charge in [-0.05, 0) is 11.5 Å². The van der Waals surface area contributed by atoms with Crippen molar-refractivity contribution in [1.29, 1.82) is 10.5 Å². The normalized spacial score (nSPS) is 31.2. The molecule has 2 rings (SSSR count). The summed E-state index contributed by atoms with van der Waals surface area (Å²) in [6.07, 6.45) is 3.34. The number of nitrogens with zero attached hydrogens (tertiary/aromatic N) is 2. The van der Waals surface area contributed by atoms with Crippen molar-refractivity contribution < 1.29 is 4.74 Å². The molecule has 0 radical (unpaired) electrons. The molecule has 0 N–H and O–H groups in total. The Morgan fingerprint density at radius 2 is 1.70 bits per heavy atom. The van der Waals surface area contributed by atoms with Crippen molar-refractivity contribution >= 4 is 0 Å². The van der Waals surface area contributed by atoms with E-state index in [9.17, 15) is 10.5 Å². The fourth-order valence-corrected chi connectivity index (χ4v) is 3.17. The van der Waals surface area contributed by atoms with Gasteiger partial charge in [-0.25, -0.2) is 0 Å². The number of rotatable bonds is 2. The van der Waals surface area contributed by atoms with Crippen LogP contribution in [0.15, 0.2) is 42.5 Å². The third-order valence-corrected chi connectivity index (χ3v) is 4.71. The average molecular weight is 266 g/mol. The van der Waals surface area contributed by atoms with E-state index >= 15 is 0 Å². The first kappa shape index (κ1) is 14.3. The molecule has 20 heavy (non-hydrogen) atoms. The Balaban J connectivity index is 2.74. The molecule has 0 unspecified atom stereocenters. The molecule has 0 saturated heterocycles. The van der Waals surface area contributed by atoms with Crippen molar-refractivity contribution in [2.75, 3.05) is 7.11 Å². The van der Waals surface area contributed by atoms with Gasteiger partial charge in [0, 0.05) is 12.5 Å². The fraction of sp³-hybridized carbons (Fsp3) is 0.412. The summed E-state index contributed by atoms with van der Waals surface area (Å²) in [5.74, 6) is 0.0654. The highest BCUT2D eigenvalue weighted by Crippen LogP contribution is 2.52. The molecule has 1 aliphatic carbocycles. The van der Waals surface area contributed by atoms with Crippen LogP contribution in [0.2, 0.25) is 0 Å². The predicted molar refractivity (Wildman–Crippen MR) is 76.6 cm³/mol. The quantitative estimate of drug-likeness (QED) is 0.772. The van der Waals surface area contributed by atoms with Gasteiger partial charge < -0.3 is 4.74 Å². The number of ether oxygens (including phenoxy) is 1. The molecule has 0 fully saturated rings. The van der Waals surface area contributed by atoms with E-state index in [2.05, 4.69) is 12.1 Å². The van der Waals surface area contributed by atoms with Gasteiger partial charge in [-0.2, -0.15) is 10.5 Å². The molecular weight excluding hydrogens is 248 g/mol. The molecule has 0 aliphatic heterocycles. The van der Waals surface area contributed by atoms with E-state index in [-0.39, 0.29) is 5.92 Å². The van der Waals surface area contributed by atoms with Crippen LogP contribution in [0.3, 0.4) is 0 Å². The van der Waals surface area contributed by atoms with Gasteiger partial charge in [-0.3, -0.25) is 0 Å². The van der Waals surface area contributed by atoms with E-state index in [4.69, 9.17) is 4.74 Å². The number of hydrogen-bond acceptors (Lipinski definition) is 3. The standard InChI is InChI=1S/C17H18N2O/c1-13-9-10-15(20-3)17(11-18,12-19)16(13,2)14-7-5-4-6-8-14/h4-10,13,15H,1-3H3/t13-,15+,16+/m0/s1. The summed E-state index contributed by atoms with van der Waals surface area (Å²) < 4.78 is 5.42. The molecule has 0 bridgehead atoms. The monoisotopic (exact) mass is 266 g/mol. The highest BCUT2D eigenvalue weighted by Gasteiger charge is 2.59. The lowest BCUT2D eigenvalue weighted by molar-refractivity contribution is 0.0184. The molecule has 0 aromatic heterocycles. The summed E-state index contributed by atoms with van der Waals surface area (Å²) in [7, 11) is 1.54. The van der Waals surface area contributed by atoms with Gasteiger partial charge in [0.25, 0.3) is 0 Å². The van der Waals surface area contributed by atoms with Gasteiger partial charge in [0.1, 0.15) is 6.10 Å². The summed E-state index contributed by atoms with van der Waals surface area (Å²) in [5.41, 5.74) is -0.869. The Hall–Kier alpha value is -2.10. The van der Waals surface area contributed by atoms with Gasteiger partial charge in [0.2, 0.25) is 0 Å². The maximum absolute atomic E-state index is 9.77. The van der Waals surface area contributed by atoms with Crippen LogP contribution in [0, 0.1) is 34.0 Å². The Kier molecular flexibility index (Phi) is 3.66. The van der Waals surface area contributed by atoms with Crippen LogP contribution >= 0.6 is 0 Å². The SMILES string of the molecule is CO[C@@H]1C=C[C@H](C)[C@](C)(c2ccccc2)C1(C#N)C#N. The molecule has 3 atom stereocenters. The number of hydrogen-bond donors (Lipinski definition) is 0. The Bertz CT molecular complexity index is 580. The third kappa shape index (κ3) is 1.68. The van der Waals surface area contributed by atoms with Crippen LogP contribution in [0.25, 0.3) is 0 Å². The zero-order chi connectivity index (χ0) is 14.8. The van der Waals surface area contributed by atoms with Crippen molar-refractivity contribution in [2.24, 2.45) is 11.3 Å². The van der Waals surface area contributed by atoms with Crippen LogP contribution in [0.1, 0.15) is 19.4 Å². The fourth-order valence-electron chi connectivity index (χ4n) is 3.17. The van der Waals surface area contributed by atoms with Crippen LogP contribution in [-0.2, 0) is 10.2 Å². The second-order valence-electron chi connectivity index (χ2n) is 5.43. The highest BCUT2D eigenvalue weighted by atomic mass is 16.5. The molecule has 3 nitrogen and oxygen atoms in total. The molecule has 3 heteroatoms. The first-order valence-corrected chi connectivity index (χ1v) is 6.66. The minimum Gasteiger partial charge on any atom is -0.375 e. The third-order valence-electron chi connectivity index (χ3n) is 4.71. The summed E-state index contributed by atoms with van der Waals surface area (Å²) in [5, 5.41) is 19.5. The van der Waals surface area contributed by atoms with E-state index in [1.807, 2.05) is 56.3 Å². The lowest BCUT2D eigenvalue weighted by Gasteiger charge is -2.48. The van der Waals surface area contributed by atoms with Gasteiger partial charge in [0.05, 0.1) is 12.1 Å². The van der Waals surface area contributed by atoms with E-state index < -0.39 is 16.9 Å². The second-order valence-corrected chi connectivity index (χ2v) is 5.43. The average Bonchev–Trinajstić information content (AvgIpc) is 2.51. The lowest BCUT2D eigenvalue weighted by Crippen LogP contribution is -2.55. The number of benzene rings is 1. The zero-order valence-electron chi connectivity index (χ0n) is 12.0. The molecule has 1 aromatic carbocycles. The summed E-state index contributed by atoms with van der Waals surface area (Å²) in [4.78, 5) is 0. The first-order chi connectivity index (χ1) is 9.56. The van der Waals surface area contributed by atoms with E-state index in [1.54, 1.807) is 7.11 Å². The van der Waals surface area contributed by atoms with Crippen molar-refractivity contribution in [3.05, 3.63) is 48.0 Å². The predicted octanol–water partition coefficient (Wildman–Crippen LogP) is 3.20. The molecule has 1 aromatic rings. The van der Waals surface area contributed by atoms with Crippen LogP contribution in [-0.4, -0.2) is 13.2 Å². The Morgan fingerprint density at radius 1 is 1.10 bits per heavy atom. The van der Waals surface area contributed by atoms with Crippen LogP contribution in [0.5, 0.6) is 0 Å². The molecule has 0 heterocycles. The smallest absolute Gasteiger partial charge is 0.182 e. The largest absolute Gasteiger partial charge is 0.375 e. The second kappa shape index (κ2) is 5.12. The summed E-state index contributed by atoms with van der Waals surface area (Å²) in [6.45, 7) is 4.02. The first-order valence-electron chi connectivity index (χ1n) is 6.66. The topological polar surface area (TPSA) is 56.8 Å². The molecular formula is C17H18N2O. The van der Waals surface area contributed by atoms with Gasteiger partial charge >= 0.3 is 0 Å². The van der Waals surface area contributed by atoms with Gasteiger partial charge in [-0.1, -0.05) is 56.3 Å². The summed E-state index contributed by atoms with van der Waals surface area (Å²) in [6, 6.07) is 14.3. The van der Waals surface area contributed by atoms with Crippen molar-refractivity contribution in [3.8, 4) is 12.1 Å². The molecule has 0 spiro atoms. The number of allylic oxidation sites excluding steroid dienone is 1. The van der Waals surface area contributed by atoms with Gasteiger partial charge in [-0.15, -0.1) is 0 Å². The van der Waals surface area contributed by atoms with E-state index in [0.717, 1.165) is 5.56 Å². The minimum atomic E-state index is -1.24. The molecule has 0 amide bonds. The van der Waals surface area contributed by atoms with Crippen LogP contribution in [0.4, 0.5) is 0 Å². The van der Waals surface area contributed by atoms with Gasteiger partial charge in [0.15, 0.2) is 5.41 Å². The van der Waals surface area contributed by atoms with Crippen molar-refractivity contribution in [1.82, 2.24) is 0 Å². The van der Waals surface area contributed by atoms with Crippen molar-refractivity contribution in [2.45, 2.75) is 25.4 Å². The molecule has 0 saturated carbocycles. The number of methoxy groups -OCH3 is 1. The minimum absolute atomic E-state index is 0.0654. The molecule has 102 valence electrons. The van der Waals surface area contributed by atoms with Crippen molar-refractivity contribution in [3.63, 3.8) is 0 Å². The lowest BCUT2D eigenvalue weighted by atomic mass is 9.52. The zero-order valence-corrected chi connectivity index (χ0v) is 12.0. The molecule has 1 aliphatic rings. The highest BCUT2D eigenvalue weighted by molar-refractivity contribution is 5.43. The van der Waals surface area contributed by atoms with Crippen LogP contribution < -0.4 is 0 Å². The maximum atomic E-state index is 9.77. The van der Waals surface area contributed by atoms with E-state index in [0.29, 0.717) is 0 Å². The number of nitriles is 2. The maximum Gasteiger partial charge on any atom is 0.182 e. The Morgan fingerprint density at radius 3 is 2.20 bits per heavy atom. The van der Waals surface area contributed by atoms with E-state index in [1.165, 1.54) is 0 Å². The Labute approximate surface area is 120 Å². The summed E-state index contributed by atoms with van der Waals surface area (Å²) >= 11 is 0.